The topological polar surface area (TPSA) is 51.6 Å². The molecule has 0 saturated carbocycles. The SMILES string of the molecule is COc1ncc(N=C=O)s1. The molecular formula is C5H4N2O2S. The maximum Gasteiger partial charge on any atom is 0.274 e. The molecule has 52 valence electrons. The molecule has 0 spiro atoms. The van der Waals surface area contributed by atoms with Crippen molar-refractivity contribution in [2.24, 2.45) is 4.99 Å². The standard InChI is InChI=1S/C5H4N2O2S/c1-9-5-6-2-4(10-5)7-3-8/h2H,1H3. The number of hydrogen-bond acceptors (Lipinski definition) is 5. The van der Waals surface area contributed by atoms with Crippen LogP contribution in [0.15, 0.2) is 11.2 Å². The Kier molecular flexibility index (Phi) is 2.15. The fourth-order valence-corrected chi connectivity index (χ4v) is 0.997. The van der Waals surface area contributed by atoms with Crippen LogP contribution in [0.25, 0.3) is 0 Å². The molecule has 0 unspecified atom stereocenters. The minimum atomic E-state index is 0.494. The number of methoxy groups -OCH3 is 1. The second-order valence-corrected chi connectivity index (χ2v) is 2.34. The maximum atomic E-state index is 9.72. The van der Waals surface area contributed by atoms with Crippen LogP contribution in [-0.2, 0) is 4.79 Å². The summed E-state index contributed by atoms with van der Waals surface area (Å²) < 4.78 is 4.76. The average molecular weight is 156 g/mol. The highest BCUT2D eigenvalue weighted by Crippen LogP contribution is 2.26. The zero-order valence-electron chi connectivity index (χ0n) is 5.20. The molecular weight excluding hydrogens is 152 g/mol. The Bertz CT molecular complexity index is 264. The summed E-state index contributed by atoms with van der Waals surface area (Å²) in [6.45, 7) is 0. The molecule has 0 aromatic carbocycles. The van der Waals surface area contributed by atoms with Gasteiger partial charge in [0.2, 0.25) is 6.08 Å². The smallest absolute Gasteiger partial charge is 0.274 e. The molecule has 1 heterocycles. The van der Waals surface area contributed by atoms with E-state index in [0.717, 1.165) is 0 Å². The highest BCUT2D eigenvalue weighted by molar-refractivity contribution is 7.17. The highest BCUT2D eigenvalue weighted by atomic mass is 32.1. The van der Waals surface area contributed by atoms with Crippen LogP contribution in [0.5, 0.6) is 5.19 Å². The zero-order chi connectivity index (χ0) is 7.40. The third-order valence-electron chi connectivity index (χ3n) is 0.803. The lowest BCUT2D eigenvalue weighted by atomic mass is 10.9. The van der Waals surface area contributed by atoms with Crippen LogP contribution in [0.3, 0.4) is 0 Å². The summed E-state index contributed by atoms with van der Waals surface area (Å²) in [5.41, 5.74) is 0. The molecule has 0 saturated heterocycles. The van der Waals surface area contributed by atoms with Crippen LogP contribution in [0, 0.1) is 0 Å². The van der Waals surface area contributed by atoms with E-state index >= 15 is 0 Å². The van der Waals surface area contributed by atoms with E-state index in [9.17, 15) is 4.79 Å². The Morgan fingerprint density at radius 2 is 2.70 bits per heavy atom. The lowest BCUT2D eigenvalue weighted by Gasteiger charge is -1.84. The van der Waals surface area contributed by atoms with Crippen molar-refractivity contribution >= 4 is 22.4 Å². The number of ether oxygens (including phenoxy) is 1. The van der Waals surface area contributed by atoms with Crippen molar-refractivity contribution in [2.75, 3.05) is 7.11 Å². The van der Waals surface area contributed by atoms with E-state index in [-0.39, 0.29) is 0 Å². The van der Waals surface area contributed by atoms with E-state index in [2.05, 4.69) is 9.98 Å². The molecule has 0 atom stereocenters. The van der Waals surface area contributed by atoms with Crippen molar-refractivity contribution in [1.29, 1.82) is 0 Å². The Hall–Kier alpha value is -1.19. The molecule has 0 fully saturated rings. The summed E-state index contributed by atoms with van der Waals surface area (Å²) in [5, 5.41) is 1.00. The van der Waals surface area contributed by atoms with Crippen molar-refractivity contribution < 1.29 is 9.53 Å². The normalized spacial score (nSPS) is 8.50. The molecule has 0 bridgehead atoms. The molecule has 0 amide bonds. The Morgan fingerprint density at radius 1 is 1.90 bits per heavy atom. The molecule has 1 aromatic rings. The summed E-state index contributed by atoms with van der Waals surface area (Å²) in [6.07, 6.45) is 2.86. The van der Waals surface area contributed by atoms with Gasteiger partial charge in [-0.25, -0.2) is 9.78 Å². The molecule has 5 heteroatoms. The van der Waals surface area contributed by atoms with E-state index in [1.54, 1.807) is 0 Å². The Labute approximate surface area is 61.2 Å². The first-order chi connectivity index (χ1) is 4.86. The van der Waals surface area contributed by atoms with Crippen LogP contribution in [-0.4, -0.2) is 18.2 Å². The average Bonchev–Trinajstić information content (AvgIpc) is 2.37. The number of rotatable bonds is 2. The molecule has 1 rings (SSSR count). The molecule has 0 N–H and O–H groups in total. The van der Waals surface area contributed by atoms with E-state index in [1.165, 1.54) is 30.7 Å². The second-order valence-electron chi connectivity index (χ2n) is 1.37. The van der Waals surface area contributed by atoms with Crippen molar-refractivity contribution in [3.63, 3.8) is 0 Å². The molecule has 10 heavy (non-hydrogen) atoms. The van der Waals surface area contributed by atoms with Gasteiger partial charge in [-0.1, -0.05) is 11.3 Å². The summed E-state index contributed by atoms with van der Waals surface area (Å²) in [7, 11) is 1.51. The monoisotopic (exact) mass is 156 g/mol. The summed E-state index contributed by atoms with van der Waals surface area (Å²) in [5.74, 6) is 0. The van der Waals surface area contributed by atoms with Crippen molar-refractivity contribution in [2.45, 2.75) is 0 Å². The van der Waals surface area contributed by atoms with E-state index in [4.69, 9.17) is 4.74 Å². The molecule has 0 aliphatic rings. The molecule has 0 aliphatic heterocycles. The Balaban J connectivity index is 2.87. The van der Waals surface area contributed by atoms with Crippen LogP contribution >= 0.6 is 11.3 Å². The Morgan fingerprint density at radius 3 is 3.20 bits per heavy atom. The van der Waals surface area contributed by atoms with E-state index in [0.29, 0.717) is 10.2 Å². The lowest BCUT2D eigenvalue weighted by molar-refractivity contribution is 0.412. The predicted molar refractivity (Wildman–Crippen MR) is 36.4 cm³/mol. The third kappa shape index (κ3) is 1.40. The summed E-state index contributed by atoms with van der Waals surface area (Å²) >= 11 is 1.19. The first-order valence-corrected chi connectivity index (χ1v) is 3.26. The van der Waals surface area contributed by atoms with Crippen LogP contribution in [0.1, 0.15) is 0 Å². The number of isocyanates is 1. The number of thiazole rings is 1. The molecule has 0 aliphatic carbocycles. The van der Waals surface area contributed by atoms with Gasteiger partial charge in [-0.2, -0.15) is 4.99 Å². The van der Waals surface area contributed by atoms with Gasteiger partial charge in [-0.05, 0) is 0 Å². The van der Waals surface area contributed by atoms with Crippen LogP contribution in [0.2, 0.25) is 0 Å². The van der Waals surface area contributed by atoms with E-state index < -0.39 is 0 Å². The zero-order valence-corrected chi connectivity index (χ0v) is 6.01. The number of hydrogen-bond donors (Lipinski definition) is 0. The minimum absolute atomic E-state index is 0.494. The molecule has 1 aromatic heterocycles. The molecule has 4 nitrogen and oxygen atoms in total. The van der Waals surface area contributed by atoms with Crippen LogP contribution < -0.4 is 4.74 Å². The van der Waals surface area contributed by atoms with Gasteiger partial charge in [0, 0.05) is 0 Å². The van der Waals surface area contributed by atoms with Gasteiger partial charge >= 0.3 is 0 Å². The second kappa shape index (κ2) is 3.10. The first-order valence-electron chi connectivity index (χ1n) is 2.44. The van der Waals surface area contributed by atoms with E-state index in [1.807, 2.05) is 0 Å². The van der Waals surface area contributed by atoms with Gasteiger partial charge in [0.15, 0.2) is 5.00 Å². The maximum absolute atomic E-state index is 9.72. The molecule has 0 radical (unpaired) electrons. The van der Waals surface area contributed by atoms with Gasteiger partial charge in [-0.15, -0.1) is 0 Å². The number of nitrogens with zero attached hydrogens (tertiary/aromatic N) is 2. The fraction of sp³-hybridized carbons (Fsp3) is 0.200. The lowest BCUT2D eigenvalue weighted by Crippen LogP contribution is -1.76. The van der Waals surface area contributed by atoms with Gasteiger partial charge in [0.1, 0.15) is 0 Å². The summed E-state index contributed by atoms with van der Waals surface area (Å²) in [4.78, 5) is 16.8. The third-order valence-corrected chi connectivity index (χ3v) is 1.66. The quantitative estimate of drug-likeness (QED) is 0.476. The number of carbonyl (C=O) groups excluding carboxylic acids is 1. The number of aromatic nitrogens is 1. The van der Waals surface area contributed by atoms with Gasteiger partial charge in [0.25, 0.3) is 5.19 Å². The fourth-order valence-electron chi connectivity index (χ4n) is 0.441. The minimum Gasteiger partial charge on any atom is -0.473 e. The van der Waals surface area contributed by atoms with Gasteiger partial charge in [-0.3, -0.25) is 0 Å². The largest absolute Gasteiger partial charge is 0.473 e. The van der Waals surface area contributed by atoms with Gasteiger partial charge < -0.3 is 4.74 Å². The van der Waals surface area contributed by atoms with Gasteiger partial charge in [0.05, 0.1) is 13.3 Å². The van der Waals surface area contributed by atoms with Crippen molar-refractivity contribution in [3.05, 3.63) is 6.20 Å². The highest BCUT2D eigenvalue weighted by Gasteiger charge is 1.97. The first kappa shape index (κ1) is 6.92. The summed E-state index contributed by atoms with van der Waals surface area (Å²) in [6, 6.07) is 0. The number of aliphatic imine (C=N–C) groups is 1. The van der Waals surface area contributed by atoms with Crippen molar-refractivity contribution in [3.8, 4) is 5.19 Å². The van der Waals surface area contributed by atoms with Crippen LogP contribution in [0.4, 0.5) is 5.00 Å². The predicted octanol–water partition coefficient (Wildman–Crippen LogP) is 1.12. The van der Waals surface area contributed by atoms with Crippen molar-refractivity contribution in [1.82, 2.24) is 4.98 Å².